The normalized spacial score (nSPS) is 15.1. The van der Waals surface area contributed by atoms with Gasteiger partial charge in [0.15, 0.2) is 0 Å². The summed E-state index contributed by atoms with van der Waals surface area (Å²) >= 11 is 3.34. The monoisotopic (exact) mass is 586 g/mol. The smallest absolute Gasteiger partial charge is 0.264 e. The number of hydrogen-bond acceptors (Lipinski definition) is 5. The van der Waals surface area contributed by atoms with Crippen LogP contribution < -0.4 is 14.4 Å². The fourth-order valence-electron chi connectivity index (χ4n) is 4.50. The number of amides is 1. The van der Waals surface area contributed by atoms with Gasteiger partial charge < -0.3 is 14.8 Å². The second kappa shape index (κ2) is 12.1. The molecule has 9 heteroatoms. The molecule has 196 valence electrons. The minimum absolute atomic E-state index is 0.0996. The Labute approximate surface area is 227 Å². The van der Waals surface area contributed by atoms with Crippen LogP contribution in [0.25, 0.3) is 0 Å². The highest BCUT2D eigenvalue weighted by Gasteiger charge is 2.35. The van der Waals surface area contributed by atoms with Crippen LogP contribution in [0.1, 0.15) is 25.3 Å². The first kappa shape index (κ1) is 27.2. The lowest BCUT2D eigenvalue weighted by Crippen LogP contribution is -2.48. The molecule has 0 aromatic heterocycles. The van der Waals surface area contributed by atoms with Crippen LogP contribution in [-0.4, -0.2) is 47.2 Å². The Morgan fingerprint density at radius 2 is 1.65 bits per heavy atom. The standard InChI is InChI=1S/C28H31BrN2O5S/c1-2-36-25-12-10-24(11-13-25)31(37(33,34)26-14-8-23(29)9-15-26)20-27(32)30-21-28(16-18-35-19-17-28)22-6-4-3-5-7-22/h3-15H,2,16-21H2,1H3,(H,30,32). The average Bonchev–Trinajstić information content (AvgIpc) is 2.92. The molecular weight excluding hydrogens is 556 g/mol. The number of benzene rings is 3. The molecule has 0 saturated carbocycles. The molecule has 0 aliphatic carbocycles. The summed E-state index contributed by atoms with van der Waals surface area (Å²) in [5.74, 6) is 0.248. The van der Waals surface area contributed by atoms with Gasteiger partial charge in [0.2, 0.25) is 5.91 Å². The summed E-state index contributed by atoms with van der Waals surface area (Å²) in [5, 5.41) is 3.02. The molecule has 1 heterocycles. The van der Waals surface area contributed by atoms with Crippen molar-refractivity contribution in [2.75, 3.05) is 37.2 Å². The topological polar surface area (TPSA) is 84.9 Å². The van der Waals surface area contributed by atoms with Crippen LogP contribution in [0, 0.1) is 0 Å². The van der Waals surface area contributed by atoms with E-state index in [0.29, 0.717) is 37.8 Å². The van der Waals surface area contributed by atoms with Gasteiger partial charge in [-0.2, -0.15) is 0 Å². The number of carbonyl (C=O) groups excluding carboxylic acids is 1. The largest absolute Gasteiger partial charge is 0.494 e. The molecule has 1 saturated heterocycles. The predicted octanol–water partition coefficient (Wildman–Crippen LogP) is 4.91. The van der Waals surface area contributed by atoms with Gasteiger partial charge in [-0.15, -0.1) is 0 Å². The van der Waals surface area contributed by atoms with Crippen LogP contribution in [0.4, 0.5) is 5.69 Å². The molecule has 37 heavy (non-hydrogen) atoms. The van der Waals surface area contributed by atoms with Gasteiger partial charge in [0.25, 0.3) is 10.0 Å². The summed E-state index contributed by atoms with van der Waals surface area (Å²) in [5.41, 5.74) is 1.26. The van der Waals surface area contributed by atoms with E-state index in [9.17, 15) is 13.2 Å². The maximum atomic E-state index is 13.7. The molecule has 7 nitrogen and oxygen atoms in total. The van der Waals surface area contributed by atoms with E-state index in [1.54, 1.807) is 36.4 Å². The number of halogens is 1. The lowest BCUT2D eigenvalue weighted by Gasteiger charge is -2.38. The van der Waals surface area contributed by atoms with Crippen molar-refractivity contribution in [2.24, 2.45) is 0 Å². The lowest BCUT2D eigenvalue weighted by molar-refractivity contribution is -0.120. The Morgan fingerprint density at radius 1 is 1.00 bits per heavy atom. The summed E-state index contributed by atoms with van der Waals surface area (Å²) in [6.07, 6.45) is 1.55. The SMILES string of the molecule is CCOc1ccc(N(CC(=O)NCC2(c3ccccc3)CCOCC2)S(=O)(=O)c2ccc(Br)cc2)cc1. The maximum Gasteiger partial charge on any atom is 0.264 e. The molecule has 1 amide bonds. The first-order valence-electron chi connectivity index (χ1n) is 12.3. The highest BCUT2D eigenvalue weighted by molar-refractivity contribution is 9.10. The second-order valence-electron chi connectivity index (χ2n) is 8.93. The van der Waals surface area contributed by atoms with Crippen molar-refractivity contribution in [1.82, 2.24) is 5.32 Å². The Kier molecular flexibility index (Phi) is 8.89. The molecule has 0 bridgehead atoms. The molecule has 0 atom stereocenters. The number of ether oxygens (including phenoxy) is 2. The van der Waals surface area contributed by atoms with Crippen molar-refractivity contribution in [1.29, 1.82) is 0 Å². The van der Waals surface area contributed by atoms with Gasteiger partial charge in [-0.3, -0.25) is 9.10 Å². The number of sulfonamides is 1. The van der Waals surface area contributed by atoms with Crippen LogP contribution >= 0.6 is 15.9 Å². The fourth-order valence-corrected chi connectivity index (χ4v) is 6.18. The summed E-state index contributed by atoms with van der Waals surface area (Å²) in [4.78, 5) is 13.4. The zero-order chi connectivity index (χ0) is 26.3. The summed E-state index contributed by atoms with van der Waals surface area (Å²) in [6.45, 7) is 3.64. The molecule has 0 spiro atoms. The third kappa shape index (κ3) is 6.52. The van der Waals surface area contributed by atoms with Crippen LogP contribution in [0.2, 0.25) is 0 Å². The number of nitrogens with one attached hydrogen (secondary N) is 1. The van der Waals surface area contributed by atoms with Crippen molar-refractivity contribution in [3.05, 3.63) is 88.9 Å². The third-order valence-electron chi connectivity index (χ3n) is 6.58. The number of anilines is 1. The molecule has 3 aromatic carbocycles. The average molecular weight is 588 g/mol. The number of rotatable bonds is 10. The second-order valence-corrected chi connectivity index (χ2v) is 11.7. The molecule has 1 aliphatic heterocycles. The molecule has 0 radical (unpaired) electrons. The van der Waals surface area contributed by atoms with Crippen molar-refractivity contribution in [3.63, 3.8) is 0 Å². The van der Waals surface area contributed by atoms with Gasteiger partial charge in [0.1, 0.15) is 12.3 Å². The summed E-state index contributed by atoms with van der Waals surface area (Å²) in [6, 6.07) is 23.2. The van der Waals surface area contributed by atoms with Crippen LogP contribution in [0.15, 0.2) is 88.2 Å². The quantitative estimate of drug-likeness (QED) is 0.365. The third-order valence-corrected chi connectivity index (χ3v) is 8.90. The predicted molar refractivity (Wildman–Crippen MR) is 147 cm³/mol. The minimum atomic E-state index is -4.01. The van der Waals surface area contributed by atoms with Crippen molar-refractivity contribution in [3.8, 4) is 5.75 Å². The Balaban J connectivity index is 1.58. The van der Waals surface area contributed by atoms with Crippen LogP contribution in [-0.2, 0) is 25.0 Å². The van der Waals surface area contributed by atoms with Crippen molar-refractivity contribution in [2.45, 2.75) is 30.1 Å². The van der Waals surface area contributed by atoms with Crippen LogP contribution in [0.3, 0.4) is 0 Å². The van der Waals surface area contributed by atoms with E-state index in [4.69, 9.17) is 9.47 Å². The number of nitrogens with zero attached hydrogens (tertiary/aromatic N) is 1. The minimum Gasteiger partial charge on any atom is -0.494 e. The van der Waals surface area contributed by atoms with Gasteiger partial charge in [-0.1, -0.05) is 46.3 Å². The molecule has 3 aromatic rings. The van der Waals surface area contributed by atoms with E-state index in [0.717, 1.165) is 27.2 Å². The highest BCUT2D eigenvalue weighted by Crippen LogP contribution is 2.34. The molecular formula is C28H31BrN2O5S. The Morgan fingerprint density at radius 3 is 2.27 bits per heavy atom. The van der Waals surface area contributed by atoms with E-state index in [1.807, 2.05) is 25.1 Å². The zero-order valence-electron chi connectivity index (χ0n) is 20.7. The van der Waals surface area contributed by atoms with E-state index >= 15 is 0 Å². The molecule has 1 aliphatic rings. The molecule has 1 fully saturated rings. The van der Waals surface area contributed by atoms with E-state index in [-0.39, 0.29) is 22.8 Å². The van der Waals surface area contributed by atoms with Gasteiger partial charge in [0, 0.05) is 29.6 Å². The van der Waals surface area contributed by atoms with Gasteiger partial charge in [-0.25, -0.2) is 8.42 Å². The van der Waals surface area contributed by atoms with Crippen molar-refractivity contribution < 1.29 is 22.7 Å². The van der Waals surface area contributed by atoms with Crippen LogP contribution in [0.5, 0.6) is 5.75 Å². The number of carbonyl (C=O) groups is 1. The fraction of sp³-hybridized carbons (Fsp3) is 0.321. The van der Waals surface area contributed by atoms with E-state index in [1.165, 1.54) is 12.1 Å². The van der Waals surface area contributed by atoms with Gasteiger partial charge in [0.05, 0.1) is 17.2 Å². The van der Waals surface area contributed by atoms with E-state index in [2.05, 4.69) is 33.4 Å². The maximum absolute atomic E-state index is 13.7. The zero-order valence-corrected chi connectivity index (χ0v) is 23.1. The summed E-state index contributed by atoms with van der Waals surface area (Å²) < 4.78 is 40.3. The first-order chi connectivity index (χ1) is 17.8. The highest BCUT2D eigenvalue weighted by atomic mass is 79.9. The van der Waals surface area contributed by atoms with Gasteiger partial charge >= 0.3 is 0 Å². The number of hydrogen-bond donors (Lipinski definition) is 1. The summed E-state index contributed by atoms with van der Waals surface area (Å²) in [7, 11) is -4.01. The first-order valence-corrected chi connectivity index (χ1v) is 14.5. The molecule has 1 N–H and O–H groups in total. The molecule has 0 unspecified atom stereocenters. The lowest BCUT2D eigenvalue weighted by atomic mass is 9.74. The van der Waals surface area contributed by atoms with E-state index < -0.39 is 10.0 Å². The Bertz CT molecular complexity index is 1280. The van der Waals surface area contributed by atoms with Crippen molar-refractivity contribution >= 4 is 37.5 Å². The Hall–Kier alpha value is -2.88. The molecule has 4 rings (SSSR count). The van der Waals surface area contributed by atoms with Gasteiger partial charge in [-0.05, 0) is 73.9 Å².